The van der Waals surface area contributed by atoms with E-state index in [0.29, 0.717) is 11.6 Å². The topological polar surface area (TPSA) is 127 Å². The van der Waals surface area contributed by atoms with Crippen molar-refractivity contribution in [2.24, 2.45) is 0 Å². The first kappa shape index (κ1) is 25.3. The van der Waals surface area contributed by atoms with E-state index in [1.54, 1.807) is 30.3 Å². The van der Waals surface area contributed by atoms with Gasteiger partial charge in [-0.3, -0.25) is 19.1 Å². The first-order valence-corrected chi connectivity index (χ1v) is 10.3. The number of halogens is 3. The summed E-state index contributed by atoms with van der Waals surface area (Å²) in [7, 11) is 0. The van der Waals surface area contributed by atoms with E-state index in [4.69, 9.17) is 10.5 Å². The normalized spacial score (nSPS) is 11.2. The summed E-state index contributed by atoms with van der Waals surface area (Å²) in [5.74, 6) is -2.30. The highest BCUT2D eigenvalue weighted by Crippen LogP contribution is 2.29. The van der Waals surface area contributed by atoms with Gasteiger partial charge in [-0.1, -0.05) is 36.4 Å². The second kappa shape index (κ2) is 10.3. The Morgan fingerprint density at radius 1 is 1.09 bits per heavy atom. The number of hydrogen-bond donors (Lipinski definition) is 2. The number of ether oxygens (including phenoxy) is 1. The van der Waals surface area contributed by atoms with E-state index in [-0.39, 0.29) is 24.6 Å². The summed E-state index contributed by atoms with van der Waals surface area (Å²) in [6.45, 7) is 0.597. The minimum atomic E-state index is -4.66. The van der Waals surface area contributed by atoms with Gasteiger partial charge in [-0.2, -0.15) is 13.2 Å². The predicted molar refractivity (Wildman–Crippen MR) is 121 cm³/mol. The van der Waals surface area contributed by atoms with E-state index in [1.165, 1.54) is 6.92 Å². The number of rotatable bonds is 7. The van der Waals surface area contributed by atoms with Crippen molar-refractivity contribution in [3.8, 4) is 0 Å². The van der Waals surface area contributed by atoms with Crippen molar-refractivity contribution in [2.75, 3.05) is 23.8 Å². The number of nitrogens with one attached hydrogen (secondary N) is 1. The maximum absolute atomic E-state index is 12.9. The lowest BCUT2D eigenvalue weighted by Gasteiger charge is -2.23. The molecule has 0 saturated carbocycles. The van der Waals surface area contributed by atoms with E-state index < -0.39 is 47.0 Å². The van der Waals surface area contributed by atoms with Crippen LogP contribution in [0.4, 0.5) is 24.7 Å². The van der Waals surface area contributed by atoms with Gasteiger partial charge in [0.15, 0.2) is 12.3 Å². The van der Waals surface area contributed by atoms with E-state index in [2.05, 4.69) is 4.98 Å². The molecule has 2 aromatic carbocycles. The first-order chi connectivity index (χ1) is 16.5. The van der Waals surface area contributed by atoms with Gasteiger partial charge in [0.2, 0.25) is 0 Å². The third-order valence-corrected chi connectivity index (χ3v) is 5.04. The maximum Gasteiger partial charge on any atom is 0.416 e. The molecule has 3 aromatic rings. The molecule has 1 heterocycles. The molecule has 1 aromatic heterocycles. The number of anilines is 2. The maximum atomic E-state index is 12.9. The summed E-state index contributed by atoms with van der Waals surface area (Å²) in [6.07, 6.45) is -4.66. The van der Waals surface area contributed by atoms with Crippen LogP contribution >= 0.6 is 0 Å². The van der Waals surface area contributed by atoms with Gasteiger partial charge in [0.05, 0.1) is 17.7 Å². The van der Waals surface area contributed by atoms with E-state index >= 15 is 0 Å². The van der Waals surface area contributed by atoms with Crippen LogP contribution in [0.2, 0.25) is 0 Å². The van der Waals surface area contributed by atoms with Crippen LogP contribution in [0.1, 0.15) is 28.4 Å². The molecule has 3 N–H and O–H groups in total. The molecule has 0 saturated heterocycles. The molecule has 0 aliphatic carbocycles. The molecule has 0 atom stereocenters. The van der Waals surface area contributed by atoms with Crippen LogP contribution in [-0.4, -0.2) is 34.6 Å². The van der Waals surface area contributed by atoms with Gasteiger partial charge in [-0.15, -0.1) is 0 Å². The fourth-order valence-electron chi connectivity index (χ4n) is 3.33. The Labute approximate surface area is 196 Å². The number of benzene rings is 2. The lowest BCUT2D eigenvalue weighted by atomic mass is 10.1. The smallest absolute Gasteiger partial charge is 0.416 e. The fourth-order valence-corrected chi connectivity index (χ4v) is 3.33. The average Bonchev–Trinajstić information content (AvgIpc) is 2.82. The summed E-state index contributed by atoms with van der Waals surface area (Å²) in [5.41, 5.74) is 3.34. The molecular formula is C23H21F3N4O5. The highest BCUT2D eigenvalue weighted by Gasteiger charge is 2.31. The lowest BCUT2D eigenvalue weighted by molar-refractivity contribution is -0.137. The average molecular weight is 490 g/mol. The standard InChI is InChI=1S/C23H21F3N4O5/c1-2-29(17(31)13-35-21(33)15-9-6-10-16(11-15)23(24,25)26)18-19(27)30(22(34)28-20(18)32)12-14-7-4-3-5-8-14/h3-11H,2,12-13,27H2,1H3,(H,28,32,34). The quantitative estimate of drug-likeness (QED) is 0.490. The summed E-state index contributed by atoms with van der Waals surface area (Å²) in [6, 6.07) is 12.3. The van der Waals surface area contributed by atoms with Crippen molar-refractivity contribution < 1.29 is 27.5 Å². The summed E-state index contributed by atoms with van der Waals surface area (Å²) < 4.78 is 44.6. The predicted octanol–water partition coefficient (Wildman–Crippen LogP) is 2.40. The zero-order valence-corrected chi connectivity index (χ0v) is 18.5. The molecule has 3 rings (SSSR count). The second-order valence-corrected chi connectivity index (χ2v) is 7.36. The molecule has 0 aliphatic heterocycles. The zero-order chi connectivity index (χ0) is 25.8. The fraction of sp³-hybridized carbons (Fsp3) is 0.217. The van der Waals surface area contributed by atoms with Crippen molar-refractivity contribution in [2.45, 2.75) is 19.6 Å². The summed E-state index contributed by atoms with van der Waals surface area (Å²) in [5, 5.41) is 0. The van der Waals surface area contributed by atoms with E-state index in [9.17, 15) is 32.3 Å². The minimum absolute atomic E-state index is 0.0194. The molecule has 35 heavy (non-hydrogen) atoms. The number of aromatic amines is 1. The highest BCUT2D eigenvalue weighted by atomic mass is 19.4. The van der Waals surface area contributed by atoms with Crippen LogP contribution in [0.3, 0.4) is 0 Å². The minimum Gasteiger partial charge on any atom is -0.452 e. The molecular weight excluding hydrogens is 469 g/mol. The van der Waals surface area contributed by atoms with Crippen molar-refractivity contribution in [3.63, 3.8) is 0 Å². The Morgan fingerprint density at radius 2 is 1.77 bits per heavy atom. The van der Waals surface area contributed by atoms with Crippen LogP contribution in [0.5, 0.6) is 0 Å². The molecule has 0 aliphatic rings. The van der Waals surface area contributed by atoms with Gasteiger partial charge in [0, 0.05) is 6.54 Å². The third kappa shape index (κ3) is 5.78. The van der Waals surface area contributed by atoms with Gasteiger partial charge in [-0.25, -0.2) is 9.59 Å². The molecule has 0 spiro atoms. The number of hydrogen-bond acceptors (Lipinski definition) is 6. The number of aromatic nitrogens is 2. The van der Waals surface area contributed by atoms with Crippen LogP contribution in [0.15, 0.2) is 64.2 Å². The summed E-state index contributed by atoms with van der Waals surface area (Å²) in [4.78, 5) is 52.9. The molecule has 184 valence electrons. The van der Waals surface area contributed by atoms with Crippen molar-refractivity contribution in [1.82, 2.24) is 9.55 Å². The summed E-state index contributed by atoms with van der Waals surface area (Å²) >= 11 is 0. The molecule has 12 heteroatoms. The number of likely N-dealkylation sites (N-methyl/N-ethyl adjacent to an activating group) is 1. The molecule has 9 nitrogen and oxygen atoms in total. The van der Waals surface area contributed by atoms with Crippen molar-refractivity contribution in [3.05, 3.63) is 92.1 Å². The van der Waals surface area contributed by atoms with Gasteiger partial charge < -0.3 is 15.4 Å². The SMILES string of the molecule is CCN(C(=O)COC(=O)c1cccc(C(F)(F)F)c1)c1c(N)n(Cc2ccccc2)c(=O)[nH]c1=O. The second-order valence-electron chi connectivity index (χ2n) is 7.36. The van der Waals surface area contributed by atoms with Crippen LogP contribution < -0.4 is 21.9 Å². The molecule has 0 bridgehead atoms. The van der Waals surface area contributed by atoms with Crippen LogP contribution in [0.25, 0.3) is 0 Å². The largest absolute Gasteiger partial charge is 0.452 e. The number of carbonyl (C=O) groups excluding carboxylic acids is 2. The number of nitrogens with two attached hydrogens (primary N) is 1. The van der Waals surface area contributed by atoms with Gasteiger partial charge in [0.25, 0.3) is 11.5 Å². The number of esters is 1. The van der Waals surface area contributed by atoms with Gasteiger partial charge in [-0.05, 0) is 30.7 Å². The Morgan fingerprint density at radius 3 is 2.40 bits per heavy atom. The number of H-pyrrole nitrogens is 1. The number of amides is 1. The number of nitrogen functional groups attached to an aromatic ring is 1. The molecule has 0 fully saturated rings. The molecule has 1 amide bonds. The molecule has 0 radical (unpaired) electrons. The highest BCUT2D eigenvalue weighted by molar-refractivity contribution is 5.98. The van der Waals surface area contributed by atoms with Gasteiger partial charge in [0.1, 0.15) is 5.82 Å². The Bertz CT molecular complexity index is 1350. The lowest BCUT2D eigenvalue weighted by Crippen LogP contribution is -2.42. The number of carbonyl (C=O) groups is 2. The van der Waals surface area contributed by atoms with Gasteiger partial charge >= 0.3 is 17.8 Å². The number of alkyl halides is 3. The Balaban J connectivity index is 1.83. The van der Waals surface area contributed by atoms with Crippen molar-refractivity contribution >= 4 is 23.4 Å². The van der Waals surface area contributed by atoms with Crippen LogP contribution in [0, 0.1) is 0 Å². The number of nitrogens with zero attached hydrogens (tertiary/aromatic N) is 2. The van der Waals surface area contributed by atoms with Crippen molar-refractivity contribution in [1.29, 1.82) is 0 Å². The zero-order valence-electron chi connectivity index (χ0n) is 18.5. The van der Waals surface area contributed by atoms with E-state index in [1.807, 2.05) is 0 Å². The monoisotopic (exact) mass is 490 g/mol. The Hall–Kier alpha value is -4.35. The van der Waals surface area contributed by atoms with Crippen LogP contribution in [-0.2, 0) is 22.3 Å². The Kier molecular flexibility index (Phi) is 7.43. The van der Waals surface area contributed by atoms with E-state index in [0.717, 1.165) is 27.7 Å². The first-order valence-electron chi connectivity index (χ1n) is 10.3. The molecule has 0 unspecified atom stereocenters. The third-order valence-electron chi connectivity index (χ3n) is 5.04.